The molecule has 3 heteroatoms. The second-order valence-electron chi connectivity index (χ2n) is 5.74. The lowest BCUT2D eigenvalue weighted by molar-refractivity contribution is 0.00578. The van der Waals surface area contributed by atoms with Gasteiger partial charge in [0.25, 0.3) is 0 Å². The Morgan fingerprint density at radius 3 is 2.06 bits per heavy atom. The monoisotopic (exact) mass is 224 g/mol. The van der Waals surface area contributed by atoms with Gasteiger partial charge in [0, 0.05) is 0 Å². The highest BCUT2D eigenvalue weighted by Crippen LogP contribution is 2.37. The third kappa shape index (κ3) is 3.11. The molecule has 0 bridgehead atoms. The molecule has 0 aromatic heterocycles. The molecule has 1 fully saturated rings. The van der Waals surface area contributed by atoms with Crippen LogP contribution in [0.5, 0.6) is 0 Å². The average Bonchev–Trinajstić information content (AvgIpc) is 2.31. The van der Waals surface area contributed by atoms with Crippen molar-refractivity contribution in [3.63, 3.8) is 0 Å². The quantitative estimate of drug-likeness (QED) is 0.677. The van der Waals surface area contributed by atoms with E-state index in [0.717, 1.165) is 6.42 Å². The smallest absolute Gasteiger partial charge is 0.400 e. The van der Waals surface area contributed by atoms with Crippen LogP contribution in [0.4, 0.5) is 0 Å². The fourth-order valence-electron chi connectivity index (χ4n) is 1.73. The minimum atomic E-state index is -0.223. The topological polar surface area (TPSA) is 18.5 Å². The molecule has 1 aliphatic rings. The third-order valence-corrected chi connectivity index (χ3v) is 3.62. The van der Waals surface area contributed by atoms with Gasteiger partial charge >= 0.3 is 7.12 Å². The Morgan fingerprint density at radius 1 is 1.12 bits per heavy atom. The van der Waals surface area contributed by atoms with Crippen LogP contribution in [-0.4, -0.2) is 18.3 Å². The van der Waals surface area contributed by atoms with Crippen molar-refractivity contribution >= 4 is 7.12 Å². The van der Waals surface area contributed by atoms with E-state index in [4.69, 9.17) is 9.31 Å². The van der Waals surface area contributed by atoms with Crippen LogP contribution in [0.15, 0.2) is 11.5 Å². The molecule has 0 saturated carbocycles. The Bertz CT molecular complexity index is 253. The standard InChI is InChI=1S/C13H25BO2/c1-7-8-9-11(2)10-14-15-12(3,4)13(5,6)16-14/h10H,7-9H2,1-6H3. The van der Waals surface area contributed by atoms with E-state index < -0.39 is 0 Å². The summed E-state index contributed by atoms with van der Waals surface area (Å²) in [5.41, 5.74) is 0.915. The normalized spacial score (nSPS) is 23.9. The van der Waals surface area contributed by atoms with Crippen LogP contribution < -0.4 is 0 Å². The van der Waals surface area contributed by atoms with Gasteiger partial charge in [0.15, 0.2) is 0 Å². The van der Waals surface area contributed by atoms with E-state index in [1.807, 2.05) is 0 Å². The molecule has 0 radical (unpaired) electrons. The molecule has 1 heterocycles. The first-order valence-corrected chi connectivity index (χ1v) is 6.31. The van der Waals surface area contributed by atoms with Crippen molar-refractivity contribution in [2.75, 3.05) is 0 Å². The van der Waals surface area contributed by atoms with E-state index in [9.17, 15) is 0 Å². The predicted molar refractivity (Wildman–Crippen MR) is 69.4 cm³/mol. The van der Waals surface area contributed by atoms with Gasteiger partial charge in [-0.15, -0.1) is 0 Å². The van der Waals surface area contributed by atoms with Crippen LogP contribution in [0.25, 0.3) is 0 Å². The maximum Gasteiger partial charge on any atom is 0.487 e. The fourth-order valence-corrected chi connectivity index (χ4v) is 1.73. The van der Waals surface area contributed by atoms with Crippen molar-refractivity contribution in [1.29, 1.82) is 0 Å². The molecule has 92 valence electrons. The fraction of sp³-hybridized carbons (Fsp3) is 0.846. The zero-order valence-electron chi connectivity index (χ0n) is 11.6. The molecule has 0 aromatic rings. The van der Waals surface area contributed by atoms with Gasteiger partial charge in [-0.1, -0.05) is 24.9 Å². The molecule has 2 nitrogen and oxygen atoms in total. The highest BCUT2D eigenvalue weighted by molar-refractivity contribution is 6.51. The van der Waals surface area contributed by atoms with Crippen LogP contribution in [0.3, 0.4) is 0 Å². The van der Waals surface area contributed by atoms with E-state index in [1.54, 1.807) is 0 Å². The first kappa shape index (κ1) is 13.8. The lowest BCUT2D eigenvalue weighted by Crippen LogP contribution is -2.41. The van der Waals surface area contributed by atoms with Gasteiger partial charge in [0.2, 0.25) is 0 Å². The molecule has 0 aliphatic carbocycles. The van der Waals surface area contributed by atoms with Gasteiger partial charge in [0.05, 0.1) is 11.2 Å². The van der Waals surface area contributed by atoms with Gasteiger partial charge in [-0.05, 0) is 47.5 Å². The molecule has 0 spiro atoms. The second-order valence-corrected chi connectivity index (χ2v) is 5.74. The summed E-state index contributed by atoms with van der Waals surface area (Å²) in [6, 6.07) is 0. The Hall–Kier alpha value is -0.275. The summed E-state index contributed by atoms with van der Waals surface area (Å²) in [5, 5.41) is 0. The molecule has 1 rings (SSSR count). The number of rotatable bonds is 4. The number of unbranched alkanes of at least 4 members (excludes halogenated alkanes) is 1. The Labute approximate surface area is 101 Å². The first-order chi connectivity index (χ1) is 7.28. The molecule has 16 heavy (non-hydrogen) atoms. The summed E-state index contributed by atoms with van der Waals surface area (Å²) >= 11 is 0. The van der Waals surface area contributed by atoms with Crippen molar-refractivity contribution in [3.8, 4) is 0 Å². The van der Waals surface area contributed by atoms with E-state index in [1.165, 1.54) is 18.4 Å². The molecule has 1 saturated heterocycles. The maximum atomic E-state index is 5.92. The summed E-state index contributed by atoms with van der Waals surface area (Å²) in [6.07, 6.45) is 3.61. The average molecular weight is 224 g/mol. The third-order valence-electron chi connectivity index (χ3n) is 3.62. The van der Waals surface area contributed by atoms with E-state index in [0.29, 0.717) is 0 Å². The van der Waals surface area contributed by atoms with E-state index in [2.05, 4.69) is 47.5 Å². The van der Waals surface area contributed by atoms with Crippen LogP contribution in [0.2, 0.25) is 0 Å². The number of hydrogen-bond donors (Lipinski definition) is 0. The number of hydrogen-bond acceptors (Lipinski definition) is 2. The largest absolute Gasteiger partial charge is 0.487 e. The lowest BCUT2D eigenvalue weighted by Gasteiger charge is -2.32. The zero-order chi connectivity index (χ0) is 12.4. The molecule has 0 aromatic carbocycles. The highest BCUT2D eigenvalue weighted by Gasteiger charge is 2.50. The molecule has 0 unspecified atom stereocenters. The van der Waals surface area contributed by atoms with Gasteiger partial charge in [0.1, 0.15) is 0 Å². The molecule has 0 N–H and O–H groups in total. The van der Waals surface area contributed by atoms with Crippen molar-refractivity contribution in [2.24, 2.45) is 0 Å². The Balaban J connectivity index is 2.59. The van der Waals surface area contributed by atoms with Gasteiger partial charge in [-0.25, -0.2) is 0 Å². The summed E-state index contributed by atoms with van der Waals surface area (Å²) in [7, 11) is -0.179. The van der Waals surface area contributed by atoms with Gasteiger partial charge in [-0.3, -0.25) is 0 Å². The second kappa shape index (κ2) is 4.93. The molecule has 1 aliphatic heterocycles. The zero-order valence-corrected chi connectivity index (χ0v) is 11.6. The molecular formula is C13H25BO2. The summed E-state index contributed by atoms with van der Waals surface area (Å²) in [5.74, 6) is 2.12. The van der Waals surface area contributed by atoms with Crippen molar-refractivity contribution < 1.29 is 9.31 Å². The SMILES string of the molecule is CCCCC(C)=CB1OC(C)(C)C(C)(C)O1. The van der Waals surface area contributed by atoms with Crippen LogP contribution in [0.1, 0.15) is 60.8 Å². The van der Waals surface area contributed by atoms with E-state index >= 15 is 0 Å². The maximum absolute atomic E-state index is 5.92. The van der Waals surface area contributed by atoms with E-state index in [-0.39, 0.29) is 18.3 Å². The van der Waals surface area contributed by atoms with Crippen LogP contribution in [0, 0.1) is 0 Å². The Kier molecular flexibility index (Phi) is 4.25. The number of allylic oxidation sites excluding steroid dienone is 1. The van der Waals surface area contributed by atoms with Crippen LogP contribution >= 0.6 is 0 Å². The minimum absolute atomic E-state index is 0.179. The molecular weight excluding hydrogens is 199 g/mol. The summed E-state index contributed by atoms with van der Waals surface area (Å²) < 4.78 is 11.8. The van der Waals surface area contributed by atoms with Crippen molar-refractivity contribution in [1.82, 2.24) is 0 Å². The first-order valence-electron chi connectivity index (χ1n) is 6.31. The van der Waals surface area contributed by atoms with Crippen molar-refractivity contribution in [2.45, 2.75) is 72.0 Å². The predicted octanol–water partition coefficient (Wildman–Crippen LogP) is 3.75. The highest BCUT2D eigenvalue weighted by atomic mass is 16.7. The Morgan fingerprint density at radius 2 is 1.62 bits per heavy atom. The van der Waals surface area contributed by atoms with Gasteiger partial charge < -0.3 is 9.31 Å². The minimum Gasteiger partial charge on any atom is -0.400 e. The summed E-state index contributed by atoms with van der Waals surface area (Å²) in [6.45, 7) is 12.7. The lowest BCUT2D eigenvalue weighted by atomic mass is 9.86. The molecule has 0 atom stereocenters. The summed E-state index contributed by atoms with van der Waals surface area (Å²) in [4.78, 5) is 0. The molecule has 0 amide bonds. The van der Waals surface area contributed by atoms with Crippen LogP contribution in [-0.2, 0) is 9.31 Å². The van der Waals surface area contributed by atoms with Crippen molar-refractivity contribution in [3.05, 3.63) is 11.5 Å². The van der Waals surface area contributed by atoms with Gasteiger partial charge in [-0.2, -0.15) is 0 Å².